The second-order valence-electron chi connectivity index (χ2n) is 7.45. The maximum atomic E-state index is 12.9. The molecule has 150 valence electrons. The van der Waals surface area contributed by atoms with Crippen molar-refractivity contribution < 1.29 is 13.2 Å². The highest BCUT2D eigenvalue weighted by Crippen LogP contribution is 2.30. The summed E-state index contributed by atoms with van der Waals surface area (Å²) >= 11 is 1.61. The molecule has 29 heavy (non-hydrogen) atoms. The summed E-state index contributed by atoms with van der Waals surface area (Å²) in [5.74, 6) is -0.221. The predicted octanol–water partition coefficient (Wildman–Crippen LogP) is 4.55. The van der Waals surface area contributed by atoms with E-state index < -0.39 is 9.84 Å². The van der Waals surface area contributed by atoms with E-state index in [1.54, 1.807) is 23.5 Å². The number of hydrogen-bond donors (Lipinski definition) is 1. The van der Waals surface area contributed by atoms with Crippen LogP contribution in [0.15, 0.2) is 64.9 Å². The van der Waals surface area contributed by atoms with Crippen LogP contribution in [-0.4, -0.2) is 20.6 Å². The average molecular weight is 426 g/mol. The largest absolute Gasteiger partial charge is 0.340 e. The van der Waals surface area contributed by atoms with Gasteiger partial charge in [0.05, 0.1) is 10.9 Å². The third kappa shape index (κ3) is 4.43. The molecule has 1 heterocycles. The van der Waals surface area contributed by atoms with Gasteiger partial charge in [-0.25, -0.2) is 8.42 Å². The van der Waals surface area contributed by atoms with E-state index in [1.807, 2.05) is 17.5 Å². The molecule has 1 aliphatic carbocycles. The topological polar surface area (TPSA) is 63.2 Å². The van der Waals surface area contributed by atoms with Gasteiger partial charge >= 0.3 is 0 Å². The average Bonchev–Trinajstić information content (AvgIpc) is 3.25. The van der Waals surface area contributed by atoms with E-state index in [2.05, 4.69) is 23.5 Å². The standard InChI is InChI=1S/C23H23NO3S2/c1-29(26,27)20-12-10-17(11-13-20)23(25)24-22(21-7-4-14-28-21)19-9-8-16-5-2-3-6-18(16)15-19/h4,7-15,22H,2-3,5-6H2,1H3,(H,24,25). The molecule has 1 amide bonds. The van der Waals surface area contributed by atoms with Gasteiger partial charge in [-0.15, -0.1) is 11.3 Å². The van der Waals surface area contributed by atoms with Crippen molar-refractivity contribution in [3.8, 4) is 0 Å². The van der Waals surface area contributed by atoms with Gasteiger partial charge in [-0.1, -0.05) is 24.3 Å². The minimum Gasteiger partial charge on any atom is -0.340 e. The van der Waals surface area contributed by atoms with Crippen molar-refractivity contribution in [1.82, 2.24) is 5.32 Å². The van der Waals surface area contributed by atoms with Crippen LogP contribution in [0.5, 0.6) is 0 Å². The van der Waals surface area contributed by atoms with Gasteiger partial charge in [0.25, 0.3) is 5.91 Å². The first-order valence-corrected chi connectivity index (χ1v) is 12.4. The van der Waals surface area contributed by atoms with Crippen molar-refractivity contribution in [2.75, 3.05) is 6.26 Å². The summed E-state index contributed by atoms with van der Waals surface area (Å²) in [4.78, 5) is 14.2. The number of amides is 1. The van der Waals surface area contributed by atoms with Gasteiger partial charge in [-0.05, 0) is 78.1 Å². The highest BCUT2D eigenvalue weighted by Gasteiger charge is 2.21. The molecule has 0 bridgehead atoms. The number of hydrogen-bond acceptors (Lipinski definition) is 4. The summed E-state index contributed by atoms with van der Waals surface area (Å²) < 4.78 is 23.3. The quantitative estimate of drug-likeness (QED) is 0.652. The monoisotopic (exact) mass is 425 g/mol. The van der Waals surface area contributed by atoms with Crippen LogP contribution >= 0.6 is 11.3 Å². The second-order valence-corrected chi connectivity index (χ2v) is 10.4. The van der Waals surface area contributed by atoms with Crippen LogP contribution < -0.4 is 5.32 Å². The second kappa shape index (κ2) is 8.13. The molecule has 1 aromatic heterocycles. The number of benzene rings is 2. The van der Waals surface area contributed by atoms with Gasteiger partial charge in [0, 0.05) is 16.7 Å². The number of carbonyl (C=O) groups is 1. The summed E-state index contributed by atoms with van der Waals surface area (Å²) in [6.45, 7) is 0. The zero-order valence-corrected chi connectivity index (χ0v) is 17.9. The van der Waals surface area contributed by atoms with Crippen LogP contribution in [0.3, 0.4) is 0 Å². The lowest BCUT2D eigenvalue weighted by molar-refractivity contribution is 0.0943. The zero-order valence-electron chi connectivity index (χ0n) is 16.2. The van der Waals surface area contributed by atoms with Crippen LogP contribution in [-0.2, 0) is 22.7 Å². The number of rotatable bonds is 5. The van der Waals surface area contributed by atoms with Gasteiger partial charge in [-0.3, -0.25) is 4.79 Å². The van der Waals surface area contributed by atoms with E-state index in [0.717, 1.165) is 29.5 Å². The Balaban J connectivity index is 1.62. The van der Waals surface area contributed by atoms with Crippen molar-refractivity contribution in [1.29, 1.82) is 0 Å². The molecule has 2 aromatic carbocycles. The van der Waals surface area contributed by atoms with Crippen LogP contribution in [0.4, 0.5) is 0 Å². The maximum Gasteiger partial charge on any atom is 0.252 e. The van der Waals surface area contributed by atoms with Gasteiger partial charge in [0.1, 0.15) is 0 Å². The molecule has 1 aliphatic rings. The SMILES string of the molecule is CS(=O)(=O)c1ccc(C(=O)NC(c2ccc3c(c2)CCCC3)c2cccs2)cc1. The Morgan fingerprint density at radius 3 is 2.38 bits per heavy atom. The Kier molecular flexibility index (Phi) is 5.56. The predicted molar refractivity (Wildman–Crippen MR) is 116 cm³/mol. The van der Waals surface area contributed by atoms with Crippen molar-refractivity contribution in [2.24, 2.45) is 0 Å². The summed E-state index contributed by atoms with van der Waals surface area (Å²) in [7, 11) is -3.29. The lowest BCUT2D eigenvalue weighted by Crippen LogP contribution is -2.29. The van der Waals surface area contributed by atoms with Gasteiger partial charge < -0.3 is 5.32 Å². The van der Waals surface area contributed by atoms with Gasteiger partial charge in [0.15, 0.2) is 9.84 Å². The smallest absolute Gasteiger partial charge is 0.252 e. The summed E-state index contributed by atoms with van der Waals surface area (Å²) in [6, 6.07) is 16.4. The molecule has 4 rings (SSSR count). The third-order valence-electron chi connectivity index (χ3n) is 5.35. The molecule has 1 N–H and O–H groups in total. The highest BCUT2D eigenvalue weighted by molar-refractivity contribution is 7.90. The van der Waals surface area contributed by atoms with Crippen LogP contribution in [0.2, 0.25) is 0 Å². The van der Waals surface area contributed by atoms with Crippen molar-refractivity contribution in [3.05, 3.63) is 87.1 Å². The Bertz CT molecular complexity index is 1120. The lowest BCUT2D eigenvalue weighted by atomic mass is 9.89. The number of aryl methyl sites for hydroxylation is 2. The van der Waals surface area contributed by atoms with Gasteiger partial charge in [-0.2, -0.15) is 0 Å². The normalized spacial score (nSPS) is 14.8. The molecule has 6 heteroatoms. The highest BCUT2D eigenvalue weighted by atomic mass is 32.2. The van der Waals surface area contributed by atoms with Crippen LogP contribution in [0, 0.1) is 0 Å². The number of thiophene rings is 1. The first kappa shape index (κ1) is 19.9. The first-order chi connectivity index (χ1) is 13.9. The molecular formula is C23H23NO3S2. The van der Waals surface area contributed by atoms with E-state index in [0.29, 0.717) is 5.56 Å². The summed E-state index contributed by atoms with van der Waals surface area (Å²) in [5, 5.41) is 5.15. The van der Waals surface area contributed by atoms with E-state index in [1.165, 1.54) is 36.1 Å². The third-order valence-corrected chi connectivity index (χ3v) is 7.42. The zero-order chi connectivity index (χ0) is 20.4. The minimum absolute atomic E-state index is 0.207. The lowest BCUT2D eigenvalue weighted by Gasteiger charge is -2.22. The van der Waals surface area contributed by atoms with Crippen molar-refractivity contribution in [2.45, 2.75) is 36.6 Å². The number of fused-ring (bicyclic) bond motifs is 1. The fraction of sp³-hybridized carbons (Fsp3) is 0.261. The number of nitrogens with one attached hydrogen (secondary N) is 1. The molecule has 1 atom stereocenters. The molecule has 0 aliphatic heterocycles. The molecule has 1 unspecified atom stereocenters. The molecule has 0 saturated heterocycles. The fourth-order valence-corrected chi connectivity index (χ4v) is 5.21. The summed E-state index contributed by atoms with van der Waals surface area (Å²) in [5.41, 5.74) is 4.31. The van der Waals surface area contributed by atoms with E-state index >= 15 is 0 Å². The van der Waals surface area contributed by atoms with E-state index in [9.17, 15) is 13.2 Å². The van der Waals surface area contributed by atoms with Crippen LogP contribution in [0.1, 0.15) is 50.8 Å². The molecule has 0 spiro atoms. The van der Waals surface area contributed by atoms with E-state index in [4.69, 9.17) is 0 Å². The van der Waals surface area contributed by atoms with E-state index in [-0.39, 0.29) is 16.8 Å². The molecule has 0 saturated carbocycles. The maximum absolute atomic E-state index is 12.9. The molecule has 3 aromatic rings. The minimum atomic E-state index is -3.29. The Hall–Kier alpha value is -2.44. The Morgan fingerprint density at radius 1 is 1.00 bits per heavy atom. The van der Waals surface area contributed by atoms with Crippen molar-refractivity contribution in [3.63, 3.8) is 0 Å². The fourth-order valence-electron chi connectivity index (χ4n) is 3.78. The number of sulfone groups is 1. The van der Waals surface area contributed by atoms with Gasteiger partial charge in [0.2, 0.25) is 0 Å². The summed E-state index contributed by atoms with van der Waals surface area (Å²) in [6.07, 6.45) is 5.81. The van der Waals surface area contributed by atoms with Crippen molar-refractivity contribution >= 4 is 27.1 Å². The van der Waals surface area contributed by atoms with Crippen LogP contribution in [0.25, 0.3) is 0 Å². The molecule has 0 fully saturated rings. The first-order valence-electron chi connectivity index (χ1n) is 9.68. The molecule has 4 nitrogen and oxygen atoms in total. The molecular weight excluding hydrogens is 402 g/mol. The number of carbonyl (C=O) groups excluding carboxylic acids is 1. The Labute approximate surface area is 175 Å². The Morgan fingerprint density at radius 2 is 1.72 bits per heavy atom. The molecule has 0 radical (unpaired) electrons.